The lowest BCUT2D eigenvalue weighted by molar-refractivity contribution is 0.0940. The van der Waals surface area contributed by atoms with E-state index in [2.05, 4.69) is 5.32 Å². The van der Waals surface area contributed by atoms with Gasteiger partial charge in [-0.05, 0) is 42.8 Å². The molecule has 2 rings (SSSR count). The number of sulfonamides is 1. The molecule has 0 unspecified atom stereocenters. The van der Waals surface area contributed by atoms with E-state index in [0.717, 1.165) is 9.87 Å². The first-order chi connectivity index (χ1) is 11.6. The maximum atomic E-state index is 12.5. The van der Waals surface area contributed by atoms with Crippen molar-refractivity contribution in [1.29, 1.82) is 0 Å². The lowest BCUT2D eigenvalue weighted by Crippen LogP contribution is -2.27. The SMILES string of the molecule is C[C@H](NC(=O)c1cc(S(=O)(=O)N(C)C)ccc1Cl)c1ccc(Cl)cc1. The summed E-state index contributed by atoms with van der Waals surface area (Å²) in [4.78, 5) is 12.5. The third kappa shape index (κ3) is 4.52. The van der Waals surface area contributed by atoms with E-state index in [0.29, 0.717) is 5.02 Å². The molecule has 0 heterocycles. The van der Waals surface area contributed by atoms with Crippen molar-refractivity contribution < 1.29 is 13.2 Å². The fourth-order valence-corrected chi connectivity index (χ4v) is 3.42. The fourth-order valence-electron chi connectivity index (χ4n) is 2.16. The molecule has 0 fully saturated rings. The number of benzene rings is 2. The Balaban J connectivity index is 2.28. The predicted octanol–water partition coefficient (Wildman–Crippen LogP) is 3.73. The van der Waals surface area contributed by atoms with Crippen LogP contribution in [-0.2, 0) is 10.0 Å². The number of carbonyl (C=O) groups is 1. The average Bonchev–Trinajstić information content (AvgIpc) is 2.55. The highest BCUT2D eigenvalue weighted by molar-refractivity contribution is 7.89. The molecule has 0 aliphatic heterocycles. The van der Waals surface area contributed by atoms with E-state index in [1.807, 2.05) is 19.1 Å². The summed E-state index contributed by atoms with van der Waals surface area (Å²) in [5.74, 6) is -0.455. The van der Waals surface area contributed by atoms with Gasteiger partial charge in [-0.15, -0.1) is 0 Å². The summed E-state index contributed by atoms with van der Waals surface area (Å²) >= 11 is 11.9. The second-order valence-corrected chi connectivity index (χ2v) is 8.67. The van der Waals surface area contributed by atoms with Crippen molar-refractivity contribution >= 4 is 39.1 Å². The number of halogens is 2. The Morgan fingerprint density at radius 2 is 1.68 bits per heavy atom. The molecule has 1 N–H and O–H groups in total. The van der Waals surface area contributed by atoms with E-state index in [1.54, 1.807) is 12.1 Å². The van der Waals surface area contributed by atoms with Crippen LogP contribution in [0.2, 0.25) is 10.0 Å². The number of nitrogens with zero attached hydrogens (tertiary/aromatic N) is 1. The molecule has 0 aromatic heterocycles. The summed E-state index contributed by atoms with van der Waals surface area (Å²) < 4.78 is 25.5. The van der Waals surface area contributed by atoms with E-state index in [-0.39, 0.29) is 21.5 Å². The quantitative estimate of drug-likeness (QED) is 0.830. The Morgan fingerprint density at radius 3 is 2.24 bits per heavy atom. The zero-order valence-electron chi connectivity index (χ0n) is 14.0. The Kier molecular flexibility index (Phi) is 6.11. The van der Waals surface area contributed by atoms with Crippen molar-refractivity contribution in [1.82, 2.24) is 9.62 Å². The normalized spacial score (nSPS) is 12.9. The van der Waals surface area contributed by atoms with Gasteiger partial charge in [-0.3, -0.25) is 4.79 Å². The molecule has 2 aromatic carbocycles. The summed E-state index contributed by atoms with van der Waals surface area (Å²) in [6, 6.07) is 10.8. The molecular formula is C17H18Cl2N2O3S. The molecule has 1 atom stereocenters. The van der Waals surface area contributed by atoms with Crippen molar-refractivity contribution in [3.05, 3.63) is 63.6 Å². The van der Waals surface area contributed by atoms with Crippen LogP contribution in [0.1, 0.15) is 28.9 Å². The maximum absolute atomic E-state index is 12.5. The largest absolute Gasteiger partial charge is 0.345 e. The van der Waals surface area contributed by atoms with Gasteiger partial charge in [0.15, 0.2) is 0 Å². The zero-order valence-corrected chi connectivity index (χ0v) is 16.3. The minimum absolute atomic E-state index is 0.00574. The fraction of sp³-hybridized carbons (Fsp3) is 0.235. The first-order valence-corrected chi connectivity index (χ1v) is 9.61. The smallest absolute Gasteiger partial charge is 0.253 e. The van der Waals surface area contributed by atoms with Gasteiger partial charge in [0.2, 0.25) is 10.0 Å². The number of hydrogen-bond donors (Lipinski definition) is 1. The average molecular weight is 401 g/mol. The molecule has 1 amide bonds. The Bertz CT molecular complexity index is 881. The van der Waals surface area contributed by atoms with E-state index in [9.17, 15) is 13.2 Å². The van der Waals surface area contributed by atoms with Gasteiger partial charge in [0.25, 0.3) is 5.91 Å². The highest BCUT2D eigenvalue weighted by Gasteiger charge is 2.21. The van der Waals surface area contributed by atoms with Crippen LogP contribution in [0.4, 0.5) is 0 Å². The summed E-state index contributed by atoms with van der Waals surface area (Å²) in [6.45, 7) is 1.81. The van der Waals surface area contributed by atoms with Gasteiger partial charge in [-0.25, -0.2) is 12.7 Å². The summed E-state index contributed by atoms with van der Waals surface area (Å²) in [5.41, 5.74) is 0.969. The second kappa shape index (κ2) is 7.74. The Hall–Kier alpha value is -1.60. The van der Waals surface area contributed by atoms with Crippen LogP contribution in [-0.4, -0.2) is 32.7 Å². The number of carbonyl (C=O) groups excluding carboxylic acids is 1. The van der Waals surface area contributed by atoms with Crippen molar-refractivity contribution in [2.24, 2.45) is 0 Å². The molecule has 0 bridgehead atoms. The first kappa shape index (κ1) is 19.7. The van der Waals surface area contributed by atoms with Crippen LogP contribution < -0.4 is 5.32 Å². The van der Waals surface area contributed by atoms with Gasteiger partial charge in [0.05, 0.1) is 21.5 Å². The summed E-state index contributed by atoms with van der Waals surface area (Å²) in [7, 11) is -0.809. The number of hydrogen-bond acceptors (Lipinski definition) is 3. The highest BCUT2D eigenvalue weighted by atomic mass is 35.5. The van der Waals surface area contributed by atoms with Gasteiger partial charge >= 0.3 is 0 Å². The van der Waals surface area contributed by atoms with Gasteiger partial charge < -0.3 is 5.32 Å². The lowest BCUT2D eigenvalue weighted by Gasteiger charge is -2.16. The van der Waals surface area contributed by atoms with Crippen molar-refractivity contribution in [3.63, 3.8) is 0 Å². The molecule has 0 aliphatic carbocycles. The summed E-state index contributed by atoms with van der Waals surface area (Å²) in [6.07, 6.45) is 0. The lowest BCUT2D eigenvalue weighted by atomic mass is 10.1. The molecule has 0 saturated carbocycles. The van der Waals surface area contributed by atoms with E-state index < -0.39 is 15.9 Å². The topological polar surface area (TPSA) is 66.5 Å². The van der Waals surface area contributed by atoms with Gasteiger partial charge in [-0.1, -0.05) is 35.3 Å². The van der Waals surface area contributed by atoms with Crippen LogP contribution in [0.15, 0.2) is 47.4 Å². The standard InChI is InChI=1S/C17H18Cl2N2O3S/c1-11(12-4-6-13(18)7-5-12)20-17(22)15-10-14(8-9-16(15)19)25(23,24)21(2)3/h4-11H,1-3H3,(H,20,22)/t11-/m0/s1. The minimum Gasteiger partial charge on any atom is -0.345 e. The number of amides is 1. The van der Waals surface area contributed by atoms with Crippen LogP contribution in [0.5, 0.6) is 0 Å². The van der Waals surface area contributed by atoms with E-state index in [1.165, 1.54) is 32.3 Å². The molecule has 25 heavy (non-hydrogen) atoms. The molecule has 2 aromatic rings. The maximum Gasteiger partial charge on any atom is 0.253 e. The molecule has 0 saturated heterocycles. The monoisotopic (exact) mass is 400 g/mol. The molecule has 134 valence electrons. The Labute approximate surface area is 157 Å². The molecule has 0 radical (unpaired) electrons. The van der Waals surface area contributed by atoms with E-state index >= 15 is 0 Å². The van der Waals surface area contributed by atoms with Crippen molar-refractivity contribution in [2.75, 3.05) is 14.1 Å². The van der Waals surface area contributed by atoms with Crippen LogP contribution in [0, 0.1) is 0 Å². The number of rotatable bonds is 5. The Morgan fingerprint density at radius 1 is 1.08 bits per heavy atom. The highest BCUT2D eigenvalue weighted by Crippen LogP contribution is 2.23. The van der Waals surface area contributed by atoms with Crippen molar-refractivity contribution in [2.45, 2.75) is 17.9 Å². The second-order valence-electron chi connectivity index (χ2n) is 5.68. The van der Waals surface area contributed by atoms with Gasteiger partial charge in [0.1, 0.15) is 0 Å². The zero-order chi connectivity index (χ0) is 18.8. The molecule has 5 nitrogen and oxygen atoms in total. The van der Waals surface area contributed by atoms with Crippen LogP contribution >= 0.6 is 23.2 Å². The van der Waals surface area contributed by atoms with Crippen LogP contribution in [0.3, 0.4) is 0 Å². The van der Waals surface area contributed by atoms with Gasteiger partial charge in [-0.2, -0.15) is 0 Å². The molecule has 8 heteroatoms. The summed E-state index contributed by atoms with van der Waals surface area (Å²) in [5, 5.41) is 3.59. The molecular weight excluding hydrogens is 383 g/mol. The third-order valence-corrected chi connectivity index (χ3v) is 6.07. The molecule has 0 aliphatic rings. The van der Waals surface area contributed by atoms with Crippen LogP contribution in [0.25, 0.3) is 0 Å². The molecule has 0 spiro atoms. The number of nitrogens with one attached hydrogen (secondary N) is 1. The third-order valence-electron chi connectivity index (χ3n) is 3.68. The van der Waals surface area contributed by atoms with E-state index in [4.69, 9.17) is 23.2 Å². The van der Waals surface area contributed by atoms with Crippen molar-refractivity contribution in [3.8, 4) is 0 Å². The van der Waals surface area contributed by atoms with Gasteiger partial charge in [0, 0.05) is 19.1 Å². The minimum atomic E-state index is -3.66. The predicted molar refractivity (Wildman–Crippen MR) is 99.7 cm³/mol. The first-order valence-electron chi connectivity index (χ1n) is 7.41.